The molecule has 0 bridgehead atoms. The fourth-order valence-corrected chi connectivity index (χ4v) is 2.23. The maximum Gasteiger partial charge on any atom is 0.129 e. The van der Waals surface area contributed by atoms with Crippen molar-refractivity contribution >= 4 is 11.6 Å². The molecule has 0 aliphatic rings. The largest absolute Gasteiger partial charge is 0.310 e. The second kappa shape index (κ2) is 6.97. The minimum absolute atomic E-state index is 0.0103. The zero-order chi connectivity index (χ0) is 12.8. The molecule has 96 valence electrons. The molecular formula is C14H21ClFN. The molecule has 0 fully saturated rings. The lowest BCUT2D eigenvalue weighted by Gasteiger charge is -2.21. The summed E-state index contributed by atoms with van der Waals surface area (Å²) in [4.78, 5) is 0. The summed E-state index contributed by atoms with van der Waals surface area (Å²) in [5.74, 6) is 0.397. The van der Waals surface area contributed by atoms with Crippen LogP contribution in [0.25, 0.3) is 0 Å². The van der Waals surface area contributed by atoms with Crippen LogP contribution in [0, 0.1) is 11.7 Å². The van der Waals surface area contributed by atoms with Gasteiger partial charge >= 0.3 is 0 Å². The zero-order valence-corrected chi connectivity index (χ0v) is 11.5. The Balaban J connectivity index is 2.88. The Morgan fingerprint density at radius 3 is 2.53 bits per heavy atom. The second-order valence-corrected chi connectivity index (χ2v) is 5.12. The van der Waals surface area contributed by atoms with E-state index in [4.69, 9.17) is 11.6 Å². The predicted molar refractivity (Wildman–Crippen MR) is 71.9 cm³/mol. The van der Waals surface area contributed by atoms with Crippen molar-refractivity contribution in [3.05, 3.63) is 34.6 Å². The number of hydrogen-bond donors (Lipinski definition) is 1. The fraction of sp³-hybridized carbons (Fsp3) is 0.571. The monoisotopic (exact) mass is 257 g/mol. The summed E-state index contributed by atoms with van der Waals surface area (Å²) >= 11 is 6.10. The highest BCUT2D eigenvalue weighted by Gasteiger charge is 2.18. The Labute approximate surface area is 108 Å². The molecule has 0 saturated carbocycles. The number of hydrogen-bond acceptors (Lipinski definition) is 1. The van der Waals surface area contributed by atoms with Gasteiger partial charge in [-0.1, -0.05) is 38.4 Å². The van der Waals surface area contributed by atoms with Crippen molar-refractivity contribution < 1.29 is 4.39 Å². The Morgan fingerprint density at radius 2 is 2.00 bits per heavy atom. The summed E-state index contributed by atoms with van der Waals surface area (Å²) in [7, 11) is 0. The molecule has 0 spiro atoms. The van der Waals surface area contributed by atoms with Gasteiger partial charge in [0.2, 0.25) is 0 Å². The van der Waals surface area contributed by atoms with Crippen molar-refractivity contribution in [2.24, 2.45) is 5.92 Å². The van der Waals surface area contributed by atoms with E-state index in [0.29, 0.717) is 16.5 Å². The molecule has 0 heterocycles. The van der Waals surface area contributed by atoms with E-state index < -0.39 is 0 Å². The predicted octanol–water partition coefficient (Wildman–Crippen LogP) is 4.57. The van der Waals surface area contributed by atoms with Gasteiger partial charge in [0.1, 0.15) is 5.82 Å². The highest BCUT2D eigenvalue weighted by molar-refractivity contribution is 6.31. The molecule has 0 saturated heterocycles. The molecule has 1 aromatic rings. The quantitative estimate of drug-likeness (QED) is 0.787. The summed E-state index contributed by atoms with van der Waals surface area (Å²) in [5.41, 5.74) is 0.608. The lowest BCUT2D eigenvalue weighted by Crippen LogP contribution is -2.22. The molecule has 1 rings (SSSR count). The average Bonchev–Trinajstić information content (AvgIpc) is 2.25. The first-order valence-electron chi connectivity index (χ1n) is 6.23. The highest BCUT2D eigenvalue weighted by atomic mass is 35.5. The number of benzene rings is 1. The van der Waals surface area contributed by atoms with Gasteiger partial charge in [-0.15, -0.1) is 0 Å². The molecular weight excluding hydrogens is 237 g/mol. The van der Waals surface area contributed by atoms with E-state index in [2.05, 4.69) is 19.2 Å². The van der Waals surface area contributed by atoms with Crippen molar-refractivity contribution in [3.63, 3.8) is 0 Å². The van der Waals surface area contributed by atoms with Gasteiger partial charge in [0.25, 0.3) is 0 Å². The van der Waals surface area contributed by atoms with Crippen LogP contribution in [0.2, 0.25) is 5.02 Å². The summed E-state index contributed by atoms with van der Waals surface area (Å²) < 4.78 is 13.8. The summed E-state index contributed by atoms with van der Waals surface area (Å²) in [6.45, 7) is 7.18. The van der Waals surface area contributed by atoms with Crippen LogP contribution in [0.15, 0.2) is 18.2 Å². The van der Waals surface area contributed by atoms with Crippen molar-refractivity contribution in [1.82, 2.24) is 5.32 Å². The van der Waals surface area contributed by atoms with Crippen LogP contribution in [0.5, 0.6) is 0 Å². The first kappa shape index (κ1) is 14.5. The smallest absolute Gasteiger partial charge is 0.129 e. The van der Waals surface area contributed by atoms with Crippen LogP contribution in [0.4, 0.5) is 4.39 Å². The van der Waals surface area contributed by atoms with E-state index >= 15 is 0 Å². The molecule has 0 aromatic heterocycles. The number of nitrogens with one attached hydrogen (secondary N) is 1. The van der Waals surface area contributed by atoms with Gasteiger partial charge < -0.3 is 5.32 Å². The lowest BCUT2D eigenvalue weighted by molar-refractivity contribution is 0.434. The molecule has 1 aromatic carbocycles. The Kier molecular flexibility index (Phi) is 5.93. The first-order chi connectivity index (χ1) is 8.06. The molecule has 17 heavy (non-hydrogen) atoms. The van der Waals surface area contributed by atoms with E-state index in [1.807, 2.05) is 6.92 Å². The molecule has 1 nitrogen and oxygen atoms in total. The molecule has 0 aliphatic carbocycles. The van der Waals surface area contributed by atoms with Crippen molar-refractivity contribution in [2.45, 2.75) is 39.7 Å². The summed E-state index contributed by atoms with van der Waals surface area (Å²) in [5, 5.41) is 3.83. The van der Waals surface area contributed by atoms with Crippen LogP contribution in [-0.2, 0) is 0 Å². The molecule has 1 atom stereocenters. The number of halogens is 2. The minimum Gasteiger partial charge on any atom is -0.310 e. The molecule has 1 N–H and O–H groups in total. The Bertz CT molecular complexity index is 332. The Morgan fingerprint density at radius 1 is 1.29 bits per heavy atom. The highest BCUT2D eigenvalue weighted by Crippen LogP contribution is 2.29. The Hall–Kier alpha value is -0.600. The van der Waals surface area contributed by atoms with E-state index in [1.165, 1.54) is 6.07 Å². The van der Waals surface area contributed by atoms with E-state index in [9.17, 15) is 4.39 Å². The average molecular weight is 258 g/mol. The maximum absolute atomic E-state index is 13.8. The molecule has 3 heteroatoms. The molecule has 1 unspecified atom stereocenters. The van der Waals surface area contributed by atoms with Gasteiger partial charge in [-0.3, -0.25) is 0 Å². The second-order valence-electron chi connectivity index (χ2n) is 4.72. The van der Waals surface area contributed by atoms with Gasteiger partial charge in [-0.25, -0.2) is 4.39 Å². The third-order valence-electron chi connectivity index (χ3n) is 2.83. The standard InChI is InChI=1S/C14H21ClFN/c1-4-17-13(9-8-10(2)3)14-11(15)6-5-7-12(14)16/h5-7,10,13,17H,4,8-9H2,1-3H3. The SMILES string of the molecule is CCNC(CCC(C)C)c1c(F)cccc1Cl. The van der Waals surface area contributed by atoms with E-state index in [1.54, 1.807) is 12.1 Å². The van der Waals surface area contributed by atoms with Gasteiger partial charge in [-0.2, -0.15) is 0 Å². The summed E-state index contributed by atoms with van der Waals surface area (Å²) in [6, 6.07) is 4.88. The van der Waals surface area contributed by atoms with E-state index in [0.717, 1.165) is 19.4 Å². The topological polar surface area (TPSA) is 12.0 Å². The van der Waals surface area contributed by atoms with Crippen molar-refractivity contribution in [2.75, 3.05) is 6.54 Å². The third-order valence-corrected chi connectivity index (χ3v) is 3.16. The van der Waals surface area contributed by atoms with Gasteiger partial charge in [-0.05, 0) is 37.4 Å². The fourth-order valence-electron chi connectivity index (χ4n) is 1.94. The van der Waals surface area contributed by atoms with Crippen LogP contribution in [-0.4, -0.2) is 6.54 Å². The van der Waals surface area contributed by atoms with Crippen LogP contribution >= 0.6 is 11.6 Å². The minimum atomic E-state index is -0.216. The van der Waals surface area contributed by atoms with Crippen LogP contribution < -0.4 is 5.32 Å². The van der Waals surface area contributed by atoms with Crippen LogP contribution in [0.3, 0.4) is 0 Å². The third kappa shape index (κ3) is 4.29. The zero-order valence-electron chi connectivity index (χ0n) is 10.8. The first-order valence-corrected chi connectivity index (χ1v) is 6.61. The molecule has 0 amide bonds. The van der Waals surface area contributed by atoms with Gasteiger partial charge in [0.05, 0.1) is 0 Å². The lowest BCUT2D eigenvalue weighted by atomic mass is 9.97. The summed E-state index contributed by atoms with van der Waals surface area (Å²) in [6.07, 6.45) is 1.97. The maximum atomic E-state index is 13.8. The molecule has 0 radical (unpaired) electrons. The van der Waals surface area contributed by atoms with E-state index in [-0.39, 0.29) is 11.9 Å². The van der Waals surface area contributed by atoms with Crippen molar-refractivity contribution in [3.8, 4) is 0 Å². The van der Waals surface area contributed by atoms with Crippen molar-refractivity contribution in [1.29, 1.82) is 0 Å². The molecule has 0 aliphatic heterocycles. The van der Waals surface area contributed by atoms with Crippen LogP contribution in [0.1, 0.15) is 45.2 Å². The van der Waals surface area contributed by atoms with Gasteiger partial charge in [0.15, 0.2) is 0 Å². The number of rotatable bonds is 6. The van der Waals surface area contributed by atoms with Gasteiger partial charge in [0, 0.05) is 16.6 Å². The normalized spacial score (nSPS) is 13.1.